The lowest BCUT2D eigenvalue weighted by Crippen LogP contribution is -2.29. The van der Waals surface area contributed by atoms with Crippen LogP contribution in [0.25, 0.3) is 0 Å². The molecule has 0 aliphatic carbocycles. The van der Waals surface area contributed by atoms with Crippen molar-refractivity contribution in [2.75, 3.05) is 0 Å². The summed E-state index contributed by atoms with van der Waals surface area (Å²) in [6.45, 7) is 0. The largest absolute Gasteiger partial charge is 0.271 e. The lowest BCUT2D eigenvalue weighted by Gasteiger charge is -2.15. The van der Waals surface area contributed by atoms with E-state index < -0.39 is 6.04 Å². The van der Waals surface area contributed by atoms with E-state index in [2.05, 4.69) is 31.3 Å². The van der Waals surface area contributed by atoms with Crippen molar-refractivity contribution in [2.24, 2.45) is 5.84 Å². The molecule has 1 atom stereocenters. The fraction of sp³-hybridized carbons (Fsp3) is 0.0909. The van der Waals surface area contributed by atoms with Crippen LogP contribution in [0.3, 0.4) is 0 Å². The van der Waals surface area contributed by atoms with E-state index in [1.807, 2.05) is 0 Å². The second-order valence-corrected chi connectivity index (χ2v) is 4.35. The average Bonchev–Trinajstić information content (AvgIpc) is 2.30. The van der Waals surface area contributed by atoms with E-state index in [9.17, 15) is 4.39 Å². The number of hydrogen-bond acceptors (Lipinski definition) is 4. The van der Waals surface area contributed by atoms with Crippen LogP contribution in [0.2, 0.25) is 0 Å². The van der Waals surface area contributed by atoms with E-state index in [1.54, 1.807) is 24.7 Å². The summed E-state index contributed by atoms with van der Waals surface area (Å²) in [6, 6.07) is 4.18. The summed E-state index contributed by atoms with van der Waals surface area (Å²) < 4.78 is 14.0. The van der Waals surface area contributed by atoms with Crippen molar-refractivity contribution >= 4 is 15.9 Å². The Kier molecular flexibility index (Phi) is 3.78. The molecule has 2 aromatic rings. The van der Waals surface area contributed by atoms with Crippen molar-refractivity contribution in [1.29, 1.82) is 0 Å². The van der Waals surface area contributed by atoms with Gasteiger partial charge in [-0.2, -0.15) is 0 Å². The summed E-state index contributed by atoms with van der Waals surface area (Å²) >= 11 is 3.24. The first kappa shape index (κ1) is 12.1. The maximum Gasteiger partial charge on any atom is 0.124 e. The number of aromatic nitrogens is 2. The molecule has 2 rings (SSSR count). The van der Waals surface area contributed by atoms with Crippen LogP contribution in [-0.4, -0.2) is 9.97 Å². The monoisotopic (exact) mass is 296 g/mol. The molecule has 0 amide bonds. The summed E-state index contributed by atoms with van der Waals surface area (Å²) in [6.07, 6.45) is 4.72. The molecule has 0 bridgehead atoms. The zero-order chi connectivity index (χ0) is 12.3. The Hall–Kier alpha value is -1.37. The summed E-state index contributed by atoms with van der Waals surface area (Å²) in [4.78, 5) is 8.10. The Morgan fingerprint density at radius 2 is 2.12 bits per heavy atom. The van der Waals surface area contributed by atoms with Gasteiger partial charge >= 0.3 is 0 Å². The second-order valence-electron chi connectivity index (χ2n) is 3.43. The molecule has 1 aromatic carbocycles. The van der Waals surface area contributed by atoms with Crippen molar-refractivity contribution in [3.63, 3.8) is 0 Å². The van der Waals surface area contributed by atoms with Gasteiger partial charge in [-0.25, -0.2) is 9.82 Å². The minimum atomic E-state index is -0.393. The van der Waals surface area contributed by atoms with E-state index >= 15 is 0 Å². The molecular weight excluding hydrogens is 287 g/mol. The van der Waals surface area contributed by atoms with Crippen LogP contribution in [0.5, 0.6) is 0 Å². The Balaban J connectivity index is 2.42. The number of nitrogens with zero attached hydrogens (tertiary/aromatic N) is 2. The summed E-state index contributed by atoms with van der Waals surface area (Å²) in [5, 5.41) is 0. The van der Waals surface area contributed by atoms with Crippen molar-refractivity contribution in [3.8, 4) is 0 Å². The highest BCUT2D eigenvalue weighted by atomic mass is 79.9. The molecule has 0 aliphatic rings. The van der Waals surface area contributed by atoms with E-state index in [0.29, 0.717) is 15.7 Å². The average molecular weight is 297 g/mol. The van der Waals surface area contributed by atoms with E-state index in [0.717, 1.165) is 0 Å². The van der Waals surface area contributed by atoms with Gasteiger partial charge in [-0.15, -0.1) is 0 Å². The maximum absolute atomic E-state index is 13.3. The number of halogens is 2. The lowest BCUT2D eigenvalue weighted by molar-refractivity contribution is 0.595. The third-order valence-electron chi connectivity index (χ3n) is 2.26. The number of hydrazine groups is 1. The van der Waals surface area contributed by atoms with Gasteiger partial charge in [-0.1, -0.05) is 15.9 Å². The molecule has 3 N–H and O–H groups in total. The van der Waals surface area contributed by atoms with Crippen LogP contribution in [0.4, 0.5) is 4.39 Å². The Labute approximate surface area is 106 Å². The summed E-state index contributed by atoms with van der Waals surface area (Å²) in [5.41, 5.74) is 3.91. The van der Waals surface area contributed by atoms with Crippen molar-refractivity contribution in [3.05, 3.63) is 58.3 Å². The first-order valence-electron chi connectivity index (χ1n) is 4.88. The summed E-state index contributed by atoms with van der Waals surface area (Å²) in [5.74, 6) is 5.15. The minimum Gasteiger partial charge on any atom is -0.271 e. The Morgan fingerprint density at radius 3 is 2.71 bits per heavy atom. The van der Waals surface area contributed by atoms with E-state index in [4.69, 9.17) is 5.84 Å². The number of nitrogens with one attached hydrogen (secondary N) is 1. The fourth-order valence-electron chi connectivity index (χ4n) is 1.55. The van der Waals surface area contributed by atoms with Gasteiger partial charge in [0.1, 0.15) is 5.82 Å². The first-order chi connectivity index (χ1) is 8.20. The SMILES string of the molecule is NNC(c1cc(F)cc(Br)c1)c1cnccn1. The predicted octanol–water partition coefficient (Wildman–Crippen LogP) is 1.93. The maximum atomic E-state index is 13.3. The van der Waals surface area contributed by atoms with E-state index in [1.165, 1.54) is 12.1 Å². The van der Waals surface area contributed by atoms with Crippen LogP contribution >= 0.6 is 15.9 Å². The van der Waals surface area contributed by atoms with Crippen molar-refractivity contribution < 1.29 is 4.39 Å². The predicted molar refractivity (Wildman–Crippen MR) is 65.3 cm³/mol. The van der Waals surface area contributed by atoms with Crippen molar-refractivity contribution in [1.82, 2.24) is 15.4 Å². The molecule has 17 heavy (non-hydrogen) atoms. The molecule has 0 radical (unpaired) electrons. The third kappa shape index (κ3) is 2.85. The number of nitrogens with two attached hydrogens (primary N) is 1. The Bertz CT molecular complexity index is 486. The topological polar surface area (TPSA) is 63.8 Å². The third-order valence-corrected chi connectivity index (χ3v) is 2.72. The molecular formula is C11H10BrFN4. The number of benzene rings is 1. The van der Waals surface area contributed by atoms with Gasteiger partial charge in [0.05, 0.1) is 17.9 Å². The van der Waals surface area contributed by atoms with Crippen molar-refractivity contribution in [2.45, 2.75) is 6.04 Å². The zero-order valence-electron chi connectivity index (χ0n) is 8.77. The van der Waals surface area contributed by atoms with E-state index in [-0.39, 0.29) is 5.82 Å². The number of hydrogen-bond donors (Lipinski definition) is 2. The molecule has 6 heteroatoms. The van der Waals surface area contributed by atoms with Gasteiger partial charge in [-0.3, -0.25) is 15.8 Å². The lowest BCUT2D eigenvalue weighted by atomic mass is 10.0. The molecule has 1 aromatic heterocycles. The molecule has 0 fully saturated rings. The van der Waals surface area contributed by atoms with Gasteiger partial charge < -0.3 is 0 Å². The molecule has 0 saturated heterocycles. The van der Waals surface area contributed by atoms with Crippen LogP contribution < -0.4 is 11.3 Å². The standard InChI is InChI=1S/C11H10BrFN4/c12-8-3-7(4-9(13)5-8)11(17-14)10-6-15-1-2-16-10/h1-6,11,17H,14H2. The highest BCUT2D eigenvalue weighted by Crippen LogP contribution is 2.23. The first-order valence-corrected chi connectivity index (χ1v) is 5.68. The number of rotatable bonds is 3. The molecule has 0 aliphatic heterocycles. The molecule has 0 saturated carbocycles. The van der Waals surface area contributed by atoms with Crippen LogP contribution in [0.1, 0.15) is 17.3 Å². The zero-order valence-corrected chi connectivity index (χ0v) is 10.4. The summed E-state index contributed by atoms with van der Waals surface area (Å²) in [7, 11) is 0. The fourth-order valence-corrected chi connectivity index (χ4v) is 2.04. The highest BCUT2D eigenvalue weighted by molar-refractivity contribution is 9.10. The van der Waals surface area contributed by atoms with Crippen LogP contribution in [0.15, 0.2) is 41.3 Å². The van der Waals surface area contributed by atoms with Crippen LogP contribution in [-0.2, 0) is 0 Å². The molecule has 0 spiro atoms. The van der Waals surface area contributed by atoms with Gasteiger partial charge in [-0.05, 0) is 23.8 Å². The molecule has 1 unspecified atom stereocenters. The van der Waals surface area contributed by atoms with Gasteiger partial charge in [0.15, 0.2) is 0 Å². The van der Waals surface area contributed by atoms with Gasteiger partial charge in [0.25, 0.3) is 0 Å². The quantitative estimate of drug-likeness (QED) is 0.671. The highest BCUT2D eigenvalue weighted by Gasteiger charge is 2.15. The second kappa shape index (κ2) is 5.31. The van der Waals surface area contributed by atoms with Crippen LogP contribution in [0, 0.1) is 5.82 Å². The molecule has 4 nitrogen and oxygen atoms in total. The van der Waals surface area contributed by atoms with Gasteiger partial charge in [0.2, 0.25) is 0 Å². The molecule has 88 valence electrons. The Morgan fingerprint density at radius 1 is 1.29 bits per heavy atom. The molecule has 1 heterocycles. The smallest absolute Gasteiger partial charge is 0.124 e. The van der Waals surface area contributed by atoms with Gasteiger partial charge in [0, 0.05) is 16.9 Å². The normalized spacial score (nSPS) is 12.4. The minimum absolute atomic E-state index is 0.335.